The first kappa shape index (κ1) is 14.9. The Morgan fingerprint density at radius 2 is 2.05 bits per heavy atom. The summed E-state index contributed by atoms with van der Waals surface area (Å²) in [6, 6.07) is 6.70. The van der Waals surface area contributed by atoms with E-state index in [1.165, 1.54) is 37.7 Å². The molecule has 1 N–H and O–H groups in total. The van der Waals surface area contributed by atoms with E-state index in [0.717, 1.165) is 16.8 Å². The van der Waals surface area contributed by atoms with E-state index in [-0.39, 0.29) is 0 Å². The van der Waals surface area contributed by atoms with E-state index >= 15 is 0 Å². The Morgan fingerprint density at radius 3 is 2.74 bits per heavy atom. The van der Waals surface area contributed by atoms with E-state index in [1.54, 1.807) is 0 Å². The molecule has 1 atom stereocenters. The Labute approximate surface area is 125 Å². The van der Waals surface area contributed by atoms with Crippen molar-refractivity contribution in [1.29, 1.82) is 0 Å². The molecule has 106 valence electrons. The highest BCUT2D eigenvalue weighted by molar-refractivity contribution is 9.10. The average Bonchev–Trinajstić information content (AvgIpc) is 2.40. The summed E-state index contributed by atoms with van der Waals surface area (Å²) >= 11 is 3.55. The molecule has 3 heteroatoms. The summed E-state index contributed by atoms with van der Waals surface area (Å²) in [7, 11) is 0. The van der Waals surface area contributed by atoms with Crippen LogP contribution in [0.25, 0.3) is 0 Å². The highest BCUT2D eigenvalue weighted by Gasteiger charge is 2.18. The molecule has 0 aromatic heterocycles. The molecule has 1 fully saturated rings. The number of hydrogen-bond donors (Lipinski definition) is 1. The third-order valence-electron chi connectivity index (χ3n) is 3.80. The van der Waals surface area contributed by atoms with Crippen molar-refractivity contribution >= 4 is 15.9 Å². The first-order chi connectivity index (χ1) is 9.20. The predicted molar refractivity (Wildman–Crippen MR) is 83.7 cm³/mol. The van der Waals surface area contributed by atoms with E-state index in [4.69, 9.17) is 4.74 Å². The molecule has 1 unspecified atom stereocenters. The third kappa shape index (κ3) is 4.22. The van der Waals surface area contributed by atoms with Gasteiger partial charge in [0, 0.05) is 16.1 Å². The molecule has 1 aromatic carbocycles. The lowest BCUT2D eigenvalue weighted by Gasteiger charge is -2.26. The van der Waals surface area contributed by atoms with E-state index < -0.39 is 0 Å². The van der Waals surface area contributed by atoms with Crippen molar-refractivity contribution in [3.05, 3.63) is 28.2 Å². The number of nitrogens with one attached hydrogen (secondary N) is 1. The van der Waals surface area contributed by atoms with Gasteiger partial charge in [-0.3, -0.25) is 0 Å². The van der Waals surface area contributed by atoms with E-state index in [9.17, 15) is 0 Å². The summed E-state index contributed by atoms with van der Waals surface area (Å²) in [4.78, 5) is 0. The van der Waals surface area contributed by atoms with Crippen LogP contribution in [0.2, 0.25) is 0 Å². The van der Waals surface area contributed by atoms with Gasteiger partial charge >= 0.3 is 0 Å². The number of benzene rings is 1. The van der Waals surface area contributed by atoms with Gasteiger partial charge in [-0.2, -0.15) is 0 Å². The van der Waals surface area contributed by atoms with Crippen LogP contribution in [0.5, 0.6) is 5.75 Å². The monoisotopic (exact) mass is 325 g/mol. The van der Waals surface area contributed by atoms with Crippen LogP contribution >= 0.6 is 15.9 Å². The molecule has 0 bridgehead atoms. The van der Waals surface area contributed by atoms with E-state index in [1.807, 2.05) is 0 Å². The Kier molecular flexibility index (Phi) is 5.71. The van der Waals surface area contributed by atoms with Crippen LogP contribution in [-0.4, -0.2) is 12.6 Å². The molecule has 19 heavy (non-hydrogen) atoms. The number of ether oxygens (including phenoxy) is 1. The van der Waals surface area contributed by atoms with Crippen LogP contribution < -0.4 is 10.1 Å². The van der Waals surface area contributed by atoms with Gasteiger partial charge in [0.2, 0.25) is 0 Å². The normalized spacial score (nSPS) is 18.3. The maximum absolute atomic E-state index is 6.26. The van der Waals surface area contributed by atoms with Crippen LogP contribution in [0.3, 0.4) is 0 Å². The lowest BCUT2D eigenvalue weighted by atomic mass is 9.97. The summed E-state index contributed by atoms with van der Waals surface area (Å²) in [6.45, 7) is 5.30. The smallest absolute Gasteiger partial charge is 0.125 e. The second-order valence-electron chi connectivity index (χ2n) is 5.34. The Morgan fingerprint density at radius 1 is 1.32 bits per heavy atom. The van der Waals surface area contributed by atoms with Gasteiger partial charge in [0.25, 0.3) is 0 Å². The van der Waals surface area contributed by atoms with Gasteiger partial charge in [0.1, 0.15) is 5.75 Å². The maximum atomic E-state index is 6.26. The van der Waals surface area contributed by atoms with Gasteiger partial charge in [-0.25, -0.2) is 0 Å². The fourth-order valence-corrected chi connectivity index (χ4v) is 3.09. The summed E-state index contributed by atoms with van der Waals surface area (Å²) in [5.41, 5.74) is 1.26. The van der Waals surface area contributed by atoms with Crippen LogP contribution in [0, 0.1) is 0 Å². The molecule has 0 amide bonds. The highest BCUT2D eigenvalue weighted by atomic mass is 79.9. The largest absolute Gasteiger partial charge is 0.490 e. The molecule has 0 saturated heterocycles. The zero-order valence-electron chi connectivity index (χ0n) is 11.9. The van der Waals surface area contributed by atoms with Gasteiger partial charge in [0.05, 0.1) is 6.10 Å². The minimum atomic E-state index is 0.330. The molecular formula is C16H24BrNO. The Bertz CT molecular complexity index is 402. The Balaban J connectivity index is 2.14. The minimum absolute atomic E-state index is 0.330. The van der Waals surface area contributed by atoms with Crippen LogP contribution in [-0.2, 0) is 0 Å². The van der Waals surface area contributed by atoms with E-state index in [2.05, 4.69) is 53.3 Å². The molecule has 1 aliphatic carbocycles. The molecule has 0 radical (unpaired) electrons. The number of hydrogen-bond acceptors (Lipinski definition) is 2. The summed E-state index contributed by atoms with van der Waals surface area (Å²) in [5.74, 6) is 1.04. The summed E-state index contributed by atoms with van der Waals surface area (Å²) in [5, 5.41) is 3.46. The molecule has 1 saturated carbocycles. The van der Waals surface area contributed by atoms with Crippen molar-refractivity contribution in [2.24, 2.45) is 0 Å². The van der Waals surface area contributed by atoms with Crippen molar-refractivity contribution in [3.63, 3.8) is 0 Å². The fourth-order valence-electron chi connectivity index (χ4n) is 2.75. The maximum Gasteiger partial charge on any atom is 0.125 e. The second-order valence-corrected chi connectivity index (χ2v) is 6.26. The van der Waals surface area contributed by atoms with Crippen molar-refractivity contribution in [2.75, 3.05) is 6.54 Å². The molecule has 1 aromatic rings. The molecule has 0 aliphatic heterocycles. The van der Waals surface area contributed by atoms with Gasteiger partial charge in [-0.05, 0) is 51.3 Å². The number of rotatable bonds is 5. The standard InChI is InChI=1S/C16H24BrNO/c1-3-18-12(2)15-10-9-13(17)11-16(15)19-14-7-5-4-6-8-14/h9-12,14,18H,3-8H2,1-2H3. The fraction of sp³-hybridized carbons (Fsp3) is 0.625. The predicted octanol–water partition coefficient (Wildman–Crippen LogP) is 4.83. The molecule has 0 heterocycles. The SMILES string of the molecule is CCNC(C)c1ccc(Br)cc1OC1CCCCC1. The summed E-state index contributed by atoms with van der Waals surface area (Å²) < 4.78 is 7.35. The number of halogens is 1. The van der Waals surface area contributed by atoms with E-state index in [0.29, 0.717) is 12.1 Å². The lowest BCUT2D eigenvalue weighted by Crippen LogP contribution is -2.23. The topological polar surface area (TPSA) is 21.3 Å². The van der Waals surface area contributed by atoms with Gasteiger partial charge in [-0.15, -0.1) is 0 Å². The zero-order chi connectivity index (χ0) is 13.7. The van der Waals surface area contributed by atoms with Crippen molar-refractivity contribution in [1.82, 2.24) is 5.32 Å². The van der Waals surface area contributed by atoms with Crippen LogP contribution in [0.4, 0.5) is 0 Å². The third-order valence-corrected chi connectivity index (χ3v) is 4.29. The second kappa shape index (κ2) is 7.30. The quantitative estimate of drug-likeness (QED) is 0.837. The van der Waals surface area contributed by atoms with Crippen LogP contribution in [0.1, 0.15) is 57.6 Å². The van der Waals surface area contributed by atoms with Gasteiger partial charge in [-0.1, -0.05) is 35.3 Å². The van der Waals surface area contributed by atoms with Gasteiger partial charge < -0.3 is 10.1 Å². The molecule has 1 aliphatic rings. The minimum Gasteiger partial charge on any atom is -0.490 e. The Hall–Kier alpha value is -0.540. The first-order valence-corrected chi connectivity index (χ1v) is 8.19. The first-order valence-electron chi connectivity index (χ1n) is 7.40. The molecule has 2 rings (SSSR count). The van der Waals surface area contributed by atoms with Crippen LogP contribution in [0.15, 0.2) is 22.7 Å². The average molecular weight is 326 g/mol. The van der Waals surface area contributed by atoms with Crippen molar-refractivity contribution in [3.8, 4) is 5.75 Å². The highest BCUT2D eigenvalue weighted by Crippen LogP contribution is 2.32. The molecule has 2 nitrogen and oxygen atoms in total. The van der Waals surface area contributed by atoms with Crippen molar-refractivity contribution < 1.29 is 4.74 Å². The van der Waals surface area contributed by atoms with Gasteiger partial charge in [0.15, 0.2) is 0 Å². The lowest BCUT2D eigenvalue weighted by molar-refractivity contribution is 0.152. The summed E-state index contributed by atoms with van der Waals surface area (Å²) in [6.07, 6.45) is 6.76. The zero-order valence-corrected chi connectivity index (χ0v) is 13.5. The molecular weight excluding hydrogens is 302 g/mol. The molecule has 0 spiro atoms. The van der Waals surface area contributed by atoms with Crippen molar-refractivity contribution in [2.45, 2.75) is 58.1 Å².